The fourth-order valence-corrected chi connectivity index (χ4v) is 10.3. The lowest BCUT2D eigenvalue weighted by Crippen LogP contribution is -1.97. The summed E-state index contributed by atoms with van der Waals surface area (Å²) in [6.45, 7) is 2.18. The van der Waals surface area contributed by atoms with Gasteiger partial charge in [0, 0.05) is 4.90 Å². The van der Waals surface area contributed by atoms with Gasteiger partial charge in [-0.2, -0.15) is 0 Å². The van der Waals surface area contributed by atoms with Gasteiger partial charge < -0.3 is 0 Å². The molecule has 0 aromatic heterocycles. The van der Waals surface area contributed by atoms with Gasteiger partial charge in [-0.25, -0.2) is 0 Å². The van der Waals surface area contributed by atoms with Crippen molar-refractivity contribution < 1.29 is 0 Å². The molecule has 1 aliphatic rings. The average molecular weight is 805 g/mol. The molecule has 12 rings (SSSR count). The van der Waals surface area contributed by atoms with Gasteiger partial charge in [0.2, 0.25) is 0 Å². The Balaban J connectivity index is 1.10. The van der Waals surface area contributed by atoms with Crippen molar-refractivity contribution in [3.63, 3.8) is 0 Å². The molecule has 0 fully saturated rings. The van der Waals surface area contributed by atoms with Crippen molar-refractivity contribution in [1.82, 2.24) is 0 Å². The van der Waals surface area contributed by atoms with Crippen molar-refractivity contribution in [2.75, 3.05) is 0 Å². The van der Waals surface area contributed by atoms with Gasteiger partial charge in [0.1, 0.15) is 0 Å². The third-order valence-electron chi connectivity index (χ3n) is 13.1. The van der Waals surface area contributed by atoms with Crippen molar-refractivity contribution >= 4 is 44.9 Å². The van der Waals surface area contributed by atoms with Gasteiger partial charge in [0.05, 0.1) is 0 Å². The van der Waals surface area contributed by atoms with E-state index in [1.54, 1.807) is 0 Å². The van der Waals surface area contributed by atoms with E-state index in [-0.39, 0.29) is 0 Å². The van der Waals surface area contributed by atoms with E-state index < -0.39 is 0 Å². The minimum absolute atomic E-state index is 0.968. The van der Waals surface area contributed by atoms with Crippen LogP contribution in [0.25, 0.3) is 121 Å². The van der Waals surface area contributed by atoms with Crippen LogP contribution in [0.5, 0.6) is 0 Å². The van der Waals surface area contributed by atoms with Gasteiger partial charge >= 0.3 is 0 Å². The Morgan fingerprint density at radius 2 is 0.565 bits per heavy atom. The van der Waals surface area contributed by atoms with Crippen LogP contribution in [0.2, 0.25) is 0 Å². The number of thiol groups is 1. The van der Waals surface area contributed by atoms with Gasteiger partial charge in [0.15, 0.2) is 0 Å². The zero-order valence-corrected chi connectivity index (χ0v) is 35.1. The Bertz CT molecular complexity index is 3570. The Kier molecular flexibility index (Phi) is 8.59. The highest BCUT2D eigenvalue weighted by atomic mass is 32.1. The van der Waals surface area contributed by atoms with E-state index in [1.165, 1.54) is 110 Å². The molecule has 62 heavy (non-hydrogen) atoms. The monoisotopic (exact) mass is 804 g/mol. The van der Waals surface area contributed by atoms with Crippen LogP contribution in [0.1, 0.15) is 5.56 Å². The van der Waals surface area contributed by atoms with Gasteiger partial charge in [-0.15, -0.1) is 12.6 Å². The molecule has 0 nitrogen and oxygen atoms in total. The SMILES string of the molecule is Cc1ccccc1-c1cc(-c2cc(-c3ccc4c(c3)-c3ccccc3-c3ccccc3-c3ccccc3-4)cc(-c3ccc4c5ccccc5c5ccccc5c4c3)c2)ccc1S. The molecule has 0 N–H and O–H groups in total. The summed E-state index contributed by atoms with van der Waals surface area (Å²) in [4.78, 5) is 0.968. The minimum Gasteiger partial charge on any atom is -0.143 e. The molecule has 11 aromatic carbocycles. The number of hydrogen-bond donors (Lipinski definition) is 1. The Morgan fingerprint density at radius 3 is 1.06 bits per heavy atom. The molecule has 0 heterocycles. The predicted molar refractivity (Wildman–Crippen MR) is 268 cm³/mol. The van der Waals surface area contributed by atoms with Crippen LogP contribution < -0.4 is 0 Å². The molecule has 1 aliphatic carbocycles. The molecule has 0 bridgehead atoms. The smallest absolute Gasteiger partial charge is 0.0119 e. The number of hydrogen-bond acceptors (Lipinski definition) is 1. The molecule has 0 saturated carbocycles. The lowest BCUT2D eigenvalue weighted by molar-refractivity contribution is 1.40. The Hall–Kier alpha value is -7.45. The molecule has 0 spiro atoms. The lowest BCUT2D eigenvalue weighted by Gasteiger charge is -2.23. The maximum Gasteiger partial charge on any atom is 0.0119 e. The molecular weight excluding hydrogens is 765 g/mol. The van der Waals surface area contributed by atoms with Crippen molar-refractivity contribution in [2.45, 2.75) is 11.8 Å². The molecule has 0 unspecified atom stereocenters. The van der Waals surface area contributed by atoms with Gasteiger partial charge in [-0.3, -0.25) is 0 Å². The van der Waals surface area contributed by atoms with Crippen molar-refractivity contribution in [1.29, 1.82) is 0 Å². The van der Waals surface area contributed by atoms with Crippen LogP contribution in [-0.4, -0.2) is 0 Å². The summed E-state index contributed by atoms with van der Waals surface area (Å²) in [6.07, 6.45) is 0. The fraction of sp³-hybridized carbons (Fsp3) is 0.0164. The van der Waals surface area contributed by atoms with Crippen LogP contribution >= 0.6 is 12.6 Å². The first-order chi connectivity index (χ1) is 30.6. The molecule has 0 atom stereocenters. The van der Waals surface area contributed by atoms with Gasteiger partial charge in [-0.1, -0.05) is 176 Å². The minimum atomic E-state index is 0.968. The number of fused-ring (bicyclic) bond motifs is 14. The van der Waals surface area contributed by atoms with Gasteiger partial charge in [0.25, 0.3) is 0 Å². The Labute approximate surface area is 367 Å². The largest absolute Gasteiger partial charge is 0.143 e. The summed E-state index contributed by atoms with van der Waals surface area (Å²) in [7, 11) is 0. The van der Waals surface area contributed by atoms with Crippen LogP contribution in [0.4, 0.5) is 0 Å². The zero-order valence-electron chi connectivity index (χ0n) is 34.2. The van der Waals surface area contributed by atoms with E-state index in [0.717, 1.165) is 21.6 Å². The van der Waals surface area contributed by atoms with Crippen LogP contribution in [0.3, 0.4) is 0 Å². The summed E-state index contributed by atoms with van der Waals surface area (Å²) in [5.74, 6) is 0. The van der Waals surface area contributed by atoms with Crippen LogP contribution in [-0.2, 0) is 0 Å². The molecule has 0 saturated heterocycles. The second kappa shape index (κ2) is 14.6. The van der Waals surface area contributed by atoms with E-state index in [9.17, 15) is 0 Å². The van der Waals surface area contributed by atoms with Crippen molar-refractivity contribution in [2.24, 2.45) is 0 Å². The molecule has 11 aromatic rings. The van der Waals surface area contributed by atoms with E-state index in [1.807, 2.05) is 0 Å². The van der Waals surface area contributed by atoms with E-state index >= 15 is 0 Å². The number of rotatable bonds is 4. The van der Waals surface area contributed by atoms with Crippen molar-refractivity contribution in [3.05, 3.63) is 224 Å². The summed E-state index contributed by atoms with van der Waals surface area (Å²) in [5.41, 5.74) is 20.6. The molecule has 290 valence electrons. The lowest BCUT2D eigenvalue weighted by atomic mass is 9.80. The highest BCUT2D eigenvalue weighted by Crippen LogP contribution is 2.49. The zero-order chi connectivity index (χ0) is 41.3. The van der Waals surface area contributed by atoms with E-state index in [0.29, 0.717) is 0 Å². The second-order valence-electron chi connectivity index (χ2n) is 16.6. The third-order valence-corrected chi connectivity index (χ3v) is 13.5. The van der Waals surface area contributed by atoms with E-state index in [4.69, 9.17) is 12.6 Å². The van der Waals surface area contributed by atoms with E-state index in [2.05, 4.69) is 225 Å². The summed E-state index contributed by atoms with van der Waals surface area (Å²) in [6, 6.07) is 80.9. The van der Waals surface area contributed by atoms with Gasteiger partial charge in [-0.05, 0) is 176 Å². The first-order valence-electron chi connectivity index (χ1n) is 21.4. The number of aryl methyl sites for hydroxylation is 1. The summed E-state index contributed by atoms with van der Waals surface area (Å²) < 4.78 is 0. The van der Waals surface area contributed by atoms with Crippen LogP contribution in [0, 0.1) is 6.92 Å². The maximum atomic E-state index is 4.98. The highest BCUT2D eigenvalue weighted by Gasteiger charge is 2.22. The molecule has 0 aliphatic heterocycles. The number of benzene rings is 11. The quantitative estimate of drug-likeness (QED) is 0.133. The van der Waals surface area contributed by atoms with Crippen molar-refractivity contribution in [3.8, 4) is 89.0 Å². The highest BCUT2D eigenvalue weighted by molar-refractivity contribution is 7.80. The molecular formula is C61H40S. The average Bonchev–Trinajstić information content (AvgIpc) is 3.33. The summed E-state index contributed by atoms with van der Waals surface area (Å²) in [5, 5.41) is 7.66. The standard InChI is InChI=1S/C61H40S/c1-38-14-2-3-15-45(38)60-37-41(28-31-61(60)62)44-33-42(32-43(34-44)40-27-30-57-53-23-9-7-19-49(53)51-21-11-13-25-55(51)59(57)36-40)39-26-29-56-52-22-8-6-18-48(52)46-16-4-5-17-47(46)50-20-10-12-24-54(50)58(56)35-39/h2-37,62H,1H3. The Morgan fingerprint density at radius 1 is 0.226 bits per heavy atom. The molecule has 0 amide bonds. The first-order valence-corrected chi connectivity index (χ1v) is 21.8. The first kappa shape index (κ1) is 36.4. The normalized spacial score (nSPS) is 11.7. The summed E-state index contributed by atoms with van der Waals surface area (Å²) >= 11 is 4.98. The third kappa shape index (κ3) is 5.92. The second-order valence-corrected chi connectivity index (χ2v) is 17.1. The molecule has 1 heteroatoms. The van der Waals surface area contributed by atoms with Crippen LogP contribution in [0.15, 0.2) is 223 Å². The predicted octanol–water partition coefficient (Wildman–Crippen LogP) is 17.4. The molecule has 0 radical (unpaired) electrons. The maximum absolute atomic E-state index is 4.98. The fourth-order valence-electron chi connectivity index (χ4n) is 10.1. The topological polar surface area (TPSA) is 0 Å².